The van der Waals surface area contributed by atoms with Gasteiger partial charge in [0.1, 0.15) is 12.2 Å². The second-order valence-electron chi connectivity index (χ2n) is 3.51. The molecule has 4 atom stereocenters. The summed E-state index contributed by atoms with van der Waals surface area (Å²) in [4.78, 5) is 0. The molecule has 1 fully saturated rings. The summed E-state index contributed by atoms with van der Waals surface area (Å²) in [5.74, 6) is 0. The second-order valence-corrected chi connectivity index (χ2v) is 3.51. The molecule has 1 aliphatic heterocycles. The first-order valence-corrected chi connectivity index (χ1v) is 4.35. The Balaban J connectivity index is 2.23. The molecule has 0 aromatic carbocycles. The summed E-state index contributed by atoms with van der Waals surface area (Å²) in [7, 11) is 0. The fourth-order valence-electron chi connectivity index (χ4n) is 1.11. The molecule has 0 aromatic rings. The van der Waals surface area contributed by atoms with Crippen molar-refractivity contribution in [2.24, 2.45) is 11.5 Å². The Morgan fingerprint density at radius 3 is 2.42 bits per heavy atom. The van der Waals surface area contributed by atoms with Gasteiger partial charge in [-0.05, 0) is 13.8 Å². The quantitative estimate of drug-likeness (QED) is 0.549. The Kier molecular flexibility index (Phi) is 3.46. The van der Waals surface area contributed by atoms with E-state index in [-0.39, 0.29) is 24.3 Å². The maximum atomic E-state index is 5.72. The minimum atomic E-state index is 0.0102. The topological polar surface area (TPSA) is 73.8 Å². The number of ether oxygens (including phenoxy) is 2. The van der Waals surface area contributed by atoms with Crippen molar-refractivity contribution in [3.8, 4) is 0 Å². The van der Waals surface area contributed by atoms with Crippen LogP contribution >= 0.6 is 0 Å². The van der Waals surface area contributed by atoms with E-state index in [1.54, 1.807) is 0 Å². The van der Waals surface area contributed by atoms with Crippen molar-refractivity contribution in [1.29, 1.82) is 0 Å². The van der Waals surface area contributed by atoms with E-state index in [4.69, 9.17) is 20.9 Å². The summed E-state index contributed by atoms with van der Waals surface area (Å²) in [6.45, 7) is 5.15. The van der Waals surface area contributed by atoms with E-state index < -0.39 is 0 Å². The van der Waals surface area contributed by atoms with Gasteiger partial charge in [-0.25, -0.2) is 0 Å². The van der Waals surface area contributed by atoms with Crippen LogP contribution in [0, 0.1) is 0 Å². The molecule has 4 unspecified atom stereocenters. The van der Waals surface area contributed by atoms with Crippen LogP contribution in [-0.2, 0) is 9.47 Å². The minimum Gasteiger partial charge on any atom is -0.372 e. The largest absolute Gasteiger partial charge is 0.372 e. The van der Waals surface area contributed by atoms with Gasteiger partial charge < -0.3 is 20.9 Å². The summed E-state index contributed by atoms with van der Waals surface area (Å²) >= 11 is 0. The highest BCUT2D eigenvalue weighted by Gasteiger charge is 2.35. The third-order valence-corrected chi connectivity index (χ3v) is 1.80. The first-order valence-electron chi connectivity index (χ1n) is 4.35. The molecular formula is C8H18N2O2. The van der Waals surface area contributed by atoms with Crippen molar-refractivity contribution >= 4 is 0 Å². The van der Waals surface area contributed by atoms with E-state index in [0.29, 0.717) is 6.61 Å². The molecule has 0 saturated carbocycles. The number of nitrogens with two attached hydrogens (primary N) is 2. The van der Waals surface area contributed by atoms with E-state index in [0.717, 1.165) is 6.61 Å². The maximum absolute atomic E-state index is 5.72. The van der Waals surface area contributed by atoms with Crippen LogP contribution in [0.2, 0.25) is 0 Å². The molecule has 0 amide bonds. The molecule has 1 saturated heterocycles. The lowest BCUT2D eigenvalue weighted by atomic mass is 10.1. The highest BCUT2D eigenvalue weighted by molar-refractivity contribution is 4.85. The summed E-state index contributed by atoms with van der Waals surface area (Å²) in [6, 6.07) is 0.0706. The Labute approximate surface area is 73.2 Å². The molecule has 72 valence electrons. The zero-order valence-corrected chi connectivity index (χ0v) is 7.69. The van der Waals surface area contributed by atoms with Crippen molar-refractivity contribution in [3.05, 3.63) is 0 Å². The van der Waals surface area contributed by atoms with Gasteiger partial charge in [-0.2, -0.15) is 0 Å². The van der Waals surface area contributed by atoms with Crippen LogP contribution in [0.5, 0.6) is 0 Å². The third-order valence-electron chi connectivity index (χ3n) is 1.80. The van der Waals surface area contributed by atoms with Crippen molar-refractivity contribution in [3.63, 3.8) is 0 Å². The van der Waals surface area contributed by atoms with Gasteiger partial charge in [0.15, 0.2) is 0 Å². The van der Waals surface area contributed by atoms with E-state index >= 15 is 0 Å². The lowest BCUT2D eigenvalue weighted by molar-refractivity contribution is 0.0150. The van der Waals surface area contributed by atoms with Gasteiger partial charge in [-0.1, -0.05) is 0 Å². The third kappa shape index (κ3) is 3.06. The molecular weight excluding hydrogens is 156 g/mol. The summed E-state index contributed by atoms with van der Waals surface area (Å²) in [5, 5.41) is 0. The summed E-state index contributed by atoms with van der Waals surface area (Å²) in [5.41, 5.74) is 11.3. The van der Waals surface area contributed by atoms with Gasteiger partial charge in [0.05, 0.1) is 13.2 Å². The number of rotatable bonds is 5. The molecule has 1 rings (SSSR count). The molecule has 1 aliphatic rings. The molecule has 0 spiro atoms. The molecule has 0 radical (unpaired) electrons. The van der Waals surface area contributed by atoms with Gasteiger partial charge in [-0.3, -0.25) is 0 Å². The second kappa shape index (κ2) is 4.18. The van der Waals surface area contributed by atoms with Crippen molar-refractivity contribution in [2.75, 3.05) is 13.2 Å². The fourth-order valence-corrected chi connectivity index (χ4v) is 1.11. The standard InChI is InChI=1S/C8H18N2O2/c1-5(9)3-12-8(6(2)10)7-4-11-7/h5-8H,3-4,9-10H2,1-2H3. The molecule has 0 aromatic heterocycles. The number of epoxide rings is 1. The molecule has 1 heterocycles. The van der Waals surface area contributed by atoms with Gasteiger partial charge in [-0.15, -0.1) is 0 Å². The molecule has 4 heteroatoms. The number of hydrogen-bond acceptors (Lipinski definition) is 4. The van der Waals surface area contributed by atoms with Crippen LogP contribution in [0.15, 0.2) is 0 Å². The van der Waals surface area contributed by atoms with E-state index in [2.05, 4.69) is 0 Å². The fraction of sp³-hybridized carbons (Fsp3) is 1.00. The van der Waals surface area contributed by atoms with Crippen LogP contribution in [0.3, 0.4) is 0 Å². The van der Waals surface area contributed by atoms with Crippen LogP contribution < -0.4 is 11.5 Å². The van der Waals surface area contributed by atoms with E-state index in [1.165, 1.54) is 0 Å². The first kappa shape index (κ1) is 9.92. The molecule has 0 aliphatic carbocycles. The smallest absolute Gasteiger partial charge is 0.109 e. The average Bonchev–Trinajstić information content (AvgIpc) is 2.69. The molecule has 4 N–H and O–H groups in total. The minimum absolute atomic E-state index is 0.0102. The van der Waals surface area contributed by atoms with Gasteiger partial charge in [0.2, 0.25) is 0 Å². The zero-order chi connectivity index (χ0) is 9.14. The van der Waals surface area contributed by atoms with E-state index in [1.807, 2.05) is 13.8 Å². The lowest BCUT2D eigenvalue weighted by Crippen LogP contribution is -2.40. The number of hydrogen-bond donors (Lipinski definition) is 2. The normalized spacial score (nSPS) is 29.5. The van der Waals surface area contributed by atoms with Crippen molar-refractivity contribution in [1.82, 2.24) is 0 Å². The summed E-state index contributed by atoms with van der Waals surface area (Å²) < 4.78 is 10.6. The van der Waals surface area contributed by atoms with Crippen LogP contribution in [-0.4, -0.2) is 37.5 Å². The Morgan fingerprint density at radius 2 is 2.08 bits per heavy atom. The Hall–Kier alpha value is -0.160. The van der Waals surface area contributed by atoms with Gasteiger partial charge in [0.25, 0.3) is 0 Å². The van der Waals surface area contributed by atoms with Crippen molar-refractivity contribution < 1.29 is 9.47 Å². The monoisotopic (exact) mass is 174 g/mol. The highest BCUT2D eigenvalue weighted by atomic mass is 16.6. The summed E-state index contributed by atoms with van der Waals surface area (Å²) in [6.07, 6.45) is 0.208. The predicted molar refractivity (Wildman–Crippen MR) is 46.8 cm³/mol. The lowest BCUT2D eigenvalue weighted by Gasteiger charge is -2.20. The van der Waals surface area contributed by atoms with E-state index in [9.17, 15) is 0 Å². The van der Waals surface area contributed by atoms with Crippen LogP contribution in [0.1, 0.15) is 13.8 Å². The zero-order valence-electron chi connectivity index (χ0n) is 7.69. The highest BCUT2D eigenvalue weighted by Crippen LogP contribution is 2.19. The SMILES string of the molecule is CC(N)COC(C(C)N)C1CO1. The first-order chi connectivity index (χ1) is 5.61. The molecule has 0 bridgehead atoms. The average molecular weight is 174 g/mol. The molecule has 12 heavy (non-hydrogen) atoms. The van der Waals surface area contributed by atoms with Gasteiger partial charge in [0, 0.05) is 12.1 Å². The Bertz CT molecular complexity index is 133. The predicted octanol–water partition coefficient (Wildman–Crippen LogP) is -0.535. The molecule has 4 nitrogen and oxygen atoms in total. The van der Waals surface area contributed by atoms with Crippen LogP contribution in [0.4, 0.5) is 0 Å². The van der Waals surface area contributed by atoms with Crippen molar-refractivity contribution in [2.45, 2.75) is 38.1 Å². The van der Waals surface area contributed by atoms with Crippen LogP contribution in [0.25, 0.3) is 0 Å². The van der Waals surface area contributed by atoms with Gasteiger partial charge >= 0.3 is 0 Å². The Morgan fingerprint density at radius 1 is 1.50 bits per heavy atom. The maximum Gasteiger partial charge on any atom is 0.109 e.